The summed E-state index contributed by atoms with van der Waals surface area (Å²) in [5.74, 6) is 2.21. The lowest BCUT2D eigenvalue weighted by Gasteiger charge is -2.09. The lowest BCUT2D eigenvalue weighted by atomic mass is 10.1. The predicted molar refractivity (Wildman–Crippen MR) is 121 cm³/mol. The lowest BCUT2D eigenvalue weighted by Crippen LogP contribution is -2.20. The Morgan fingerprint density at radius 3 is 2.70 bits per heavy atom. The van der Waals surface area contributed by atoms with Gasteiger partial charge < -0.3 is 9.47 Å². The number of methoxy groups -OCH3 is 2. The highest BCUT2D eigenvalue weighted by Crippen LogP contribution is 2.35. The summed E-state index contributed by atoms with van der Waals surface area (Å²) in [6, 6.07) is 15.7. The van der Waals surface area contributed by atoms with E-state index >= 15 is 0 Å². The van der Waals surface area contributed by atoms with Gasteiger partial charge in [-0.25, -0.2) is 4.98 Å². The van der Waals surface area contributed by atoms with Crippen LogP contribution in [0.15, 0.2) is 58.7 Å². The molecule has 3 heterocycles. The molecule has 0 spiro atoms. The molecule has 6 heteroatoms. The summed E-state index contributed by atoms with van der Waals surface area (Å²) in [4.78, 5) is 19.0. The average molecular weight is 417 g/mol. The van der Waals surface area contributed by atoms with Gasteiger partial charge in [0.2, 0.25) is 0 Å². The number of ether oxygens (including phenoxy) is 2. The maximum Gasteiger partial charge on any atom is 0.263 e. The Kier molecular flexibility index (Phi) is 4.64. The van der Waals surface area contributed by atoms with E-state index in [2.05, 4.69) is 6.08 Å². The highest BCUT2D eigenvalue weighted by molar-refractivity contribution is 7.17. The van der Waals surface area contributed by atoms with Crippen molar-refractivity contribution in [3.63, 3.8) is 0 Å². The number of allylic oxidation sites excluding steroid dienone is 1. The molecule has 0 aliphatic carbocycles. The normalized spacial score (nSPS) is 14.3. The van der Waals surface area contributed by atoms with E-state index in [4.69, 9.17) is 14.5 Å². The number of rotatable bonds is 4. The van der Waals surface area contributed by atoms with Crippen molar-refractivity contribution >= 4 is 33.2 Å². The lowest BCUT2D eigenvalue weighted by molar-refractivity contribution is 0.394. The Morgan fingerprint density at radius 2 is 1.93 bits per heavy atom. The number of hydrogen-bond acceptors (Lipinski definition) is 5. The fraction of sp³-hybridized carbons (Fsp3) is 0.167. The van der Waals surface area contributed by atoms with E-state index in [1.807, 2.05) is 53.9 Å². The number of thiophene rings is 1. The molecule has 30 heavy (non-hydrogen) atoms. The van der Waals surface area contributed by atoms with Crippen LogP contribution in [-0.4, -0.2) is 23.8 Å². The zero-order valence-corrected chi connectivity index (χ0v) is 17.5. The molecule has 0 fully saturated rings. The summed E-state index contributed by atoms with van der Waals surface area (Å²) in [7, 11) is 3.27. The number of hydrogen-bond donors (Lipinski definition) is 0. The van der Waals surface area contributed by atoms with E-state index in [0.717, 1.165) is 50.8 Å². The second-order valence-electron chi connectivity index (χ2n) is 7.12. The zero-order valence-electron chi connectivity index (χ0n) is 16.7. The van der Waals surface area contributed by atoms with Crippen LogP contribution in [-0.2, 0) is 6.54 Å². The highest BCUT2D eigenvalue weighted by atomic mass is 32.1. The summed E-state index contributed by atoms with van der Waals surface area (Å²) >= 11 is 1.52. The van der Waals surface area contributed by atoms with Crippen molar-refractivity contribution in [2.75, 3.05) is 14.2 Å². The molecule has 0 saturated carbocycles. The Bertz CT molecular complexity index is 1340. The number of fused-ring (bicyclic) bond motifs is 2. The van der Waals surface area contributed by atoms with E-state index in [1.54, 1.807) is 18.8 Å². The summed E-state index contributed by atoms with van der Waals surface area (Å²) in [6.45, 7) is 0.630. The summed E-state index contributed by atoms with van der Waals surface area (Å²) in [5.41, 5.74) is 4.00. The van der Waals surface area contributed by atoms with Gasteiger partial charge in [0.05, 0.1) is 19.6 Å². The monoisotopic (exact) mass is 416 g/mol. The third-order valence-corrected chi connectivity index (χ3v) is 6.31. The molecule has 2 aromatic heterocycles. The molecule has 4 aromatic rings. The van der Waals surface area contributed by atoms with Crippen molar-refractivity contribution in [1.82, 2.24) is 9.55 Å². The first-order chi connectivity index (χ1) is 14.7. The van der Waals surface area contributed by atoms with Gasteiger partial charge in [0.1, 0.15) is 22.2 Å². The summed E-state index contributed by atoms with van der Waals surface area (Å²) in [5, 5.41) is 2.73. The van der Waals surface area contributed by atoms with Crippen LogP contribution in [0.25, 0.3) is 33.0 Å². The summed E-state index contributed by atoms with van der Waals surface area (Å²) in [6.07, 6.45) is 2.82. The van der Waals surface area contributed by atoms with E-state index in [1.165, 1.54) is 11.3 Å². The molecule has 0 radical (unpaired) electrons. The minimum atomic E-state index is 0.0280. The molecule has 5 nitrogen and oxygen atoms in total. The van der Waals surface area contributed by atoms with Gasteiger partial charge in [0.25, 0.3) is 5.56 Å². The summed E-state index contributed by atoms with van der Waals surface area (Å²) < 4.78 is 12.6. The largest absolute Gasteiger partial charge is 0.497 e. The molecule has 0 bridgehead atoms. The van der Waals surface area contributed by atoms with Crippen molar-refractivity contribution in [3.05, 3.63) is 75.7 Å². The van der Waals surface area contributed by atoms with Crippen LogP contribution >= 0.6 is 11.3 Å². The van der Waals surface area contributed by atoms with Crippen molar-refractivity contribution < 1.29 is 9.47 Å². The molecule has 0 saturated heterocycles. The predicted octanol–water partition coefficient (Wildman–Crippen LogP) is 5.09. The number of nitrogens with zero attached hydrogens (tertiary/aromatic N) is 2. The fourth-order valence-electron chi connectivity index (χ4n) is 3.91. The van der Waals surface area contributed by atoms with Gasteiger partial charge in [-0.3, -0.25) is 9.36 Å². The fourth-order valence-corrected chi connectivity index (χ4v) is 4.85. The molecule has 0 N–H and O–H groups in total. The third kappa shape index (κ3) is 3.00. The van der Waals surface area contributed by atoms with Crippen molar-refractivity contribution in [1.29, 1.82) is 0 Å². The maximum absolute atomic E-state index is 13.3. The molecule has 2 aromatic carbocycles. The van der Waals surface area contributed by atoms with E-state index in [-0.39, 0.29) is 5.56 Å². The van der Waals surface area contributed by atoms with Crippen LogP contribution in [0.5, 0.6) is 11.5 Å². The topological polar surface area (TPSA) is 53.4 Å². The van der Waals surface area contributed by atoms with Crippen molar-refractivity contribution in [2.24, 2.45) is 0 Å². The van der Waals surface area contributed by atoms with E-state index in [9.17, 15) is 4.79 Å². The van der Waals surface area contributed by atoms with Gasteiger partial charge in [0.15, 0.2) is 0 Å². The molecule has 5 rings (SSSR count). The molecule has 0 amide bonds. The third-order valence-electron chi connectivity index (χ3n) is 5.44. The van der Waals surface area contributed by atoms with Crippen LogP contribution in [0.3, 0.4) is 0 Å². The van der Waals surface area contributed by atoms with E-state index in [0.29, 0.717) is 11.9 Å². The van der Waals surface area contributed by atoms with Gasteiger partial charge in [-0.1, -0.05) is 30.3 Å². The van der Waals surface area contributed by atoms with Crippen LogP contribution in [0, 0.1) is 0 Å². The minimum absolute atomic E-state index is 0.0280. The maximum atomic E-state index is 13.3. The minimum Gasteiger partial charge on any atom is -0.497 e. The standard InChI is InChI=1S/C24H20N2O3S/c1-28-18-9-8-16(20(13-18)29-2)12-17-10-11-26-22(17)25-23-21(24(26)27)19(14-30-23)15-6-4-3-5-7-15/h3-9,12-14H,10-11H2,1-2H3/b17-12+. The second kappa shape index (κ2) is 7.46. The highest BCUT2D eigenvalue weighted by Gasteiger charge is 2.23. The zero-order chi connectivity index (χ0) is 20.7. The van der Waals surface area contributed by atoms with Crippen LogP contribution in [0.4, 0.5) is 0 Å². The smallest absolute Gasteiger partial charge is 0.263 e. The van der Waals surface area contributed by atoms with Crippen molar-refractivity contribution in [2.45, 2.75) is 13.0 Å². The molecule has 1 aliphatic rings. The first-order valence-electron chi connectivity index (χ1n) is 9.70. The molecule has 0 atom stereocenters. The van der Waals surface area contributed by atoms with Gasteiger partial charge in [-0.15, -0.1) is 11.3 Å². The molecule has 1 aliphatic heterocycles. The van der Waals surface area contributed by atoms with Crippen LogP contribution < -0.4 is 15.0 Å². The van der Waals surface area contributed by atoms with Gasteiger partial charge in [-0.2, -0.15) is 0 Å². The first kappa shape index (κ1) is 18.6. The molecule has 0 unspecified atom stereocenters. The van der Waals surface area contributed by atoms with Crippen LogP contribution in [0.2, 0.25) is 0 Å². The quantitative estimate of drug-likeness (QED) is 0.465. The second-order valence-corrected chi connectivity index (χ2v) is 7.97. The van der Waals surface area contributed by atoms with Gasteiger partial charge >= 0.3 is 0 Å². The molecule has 150 valence electrons. The van der Waals surface area contributed by atoms with Gasteiger partial charge in [0, 0.05) is 29.1 Å². The SMILES string of the molecule is COc1ccc(/C=C2\CCn3c2nc2scc(-c4ccccc4)c2c3=O)c(OC)c1. The Labute approximate surface area is 177 Å². The van der Waals surface area contributed by atoms with E-state index < -0.39 is 0 Å². The van der Waals surface area contributed by atoms with Crippen molar-refractivity contribution in [3.8, 4) is 22.6 Å². The molecular weight excluding hydrogens is 396 g/mol. The Morgan fingerprint density at radius 1 is 1.10 bits per heavy atom. The van der Waals surface area contributed by atoms with Gasteiger partial charge in [-0.05, 0) is 35.8 Å². The number of aromatic nitrogens is 2. The average Bonchev–Trinajstić information content (AvgIpc) is 3.40. The molecular formula is C24H20N2O3S. The first-order valence-corrected chi connectivity index (χ1v) is 10.6. The van der Waals surface area contributed by atoms with Crippen LogP contribution in [0.1, 0.15) is 17.8 Å². The Balaban J connectivity index is 1.64. The number of benzene rings is 2. The Hall–Kier alpha value is -3.38.